The van der Waals surface area contributed by atoms with Gasteiger partial charge in [-0.1, -0.05) is 12.1 Å². The van der Waals surface area contributed by atoms with E-state index in [1.807, 2.05) is 11.4 Å². The van der Waals surface area contributed by atoms with Crippen molar-refractivity contribution in [2.24, 2.45) is 5.92 Å². The smallest absolute Gasteiger partial charge is 0.311 e. The number of nitrogens with one attached hydrogen (secondary N) is 1. The van der Waals surface area contributed by atoms with E-state index < -0.39 is 30.2 Å². The summed E-state index contributed by atoms with van der Waals surface area (Å²) >= 11 is 1.36. The molecule has 1 aliphatic heterocycles. The number of halogens is 1. The molecule has 6 nitrogen and oxygen atoms in total. The molecule has 27 heavy (non-hydrogen) atoms. The highest BCUT2D eigenvalue weighted by molar-refractivity contribution is 7.12. The Balaban J connectivity index is 1.48. The molecule has 0 radical (unpaired) electrons. The van der Waals surface area contributed by atoms with Crippen LogP contribution in [0.25, 0.3) is 0 Å². The number of hydrogen-bond acceptors (Lipinski definition) is 5. The van der Waals surface area contributed by atoms with Crippen molar-refractivity contribution < 1.29 is 23.5 Å². The number of carbonyl (C=O) groups excluding carboxylic acids is 3. The van der Waals surface area contributed by atoms with E-state index in [-0.39, 0.29) is 12.5 Å². The molecule has 0 bridgehead atoms. The highest BCUT2D eigenvalue weighted by Crippen LogP contribution is 2.21. The van der Waals surface area contributed by atoms with Crippen LogP contribution in [-0.2, 0) is 14.3 Å². The molecule has 0 aliphatic carbocycles. The summed E-state index contributed by atoms with van der Waals surface area (Å²) in [6.45, 7) is 0.423. The molecule has 3 rings (SSSR count). The molecule has 1 N–H and O–H groups in total. The minimum atomic E-state index is -0.545. The van der Waals surface area contributed by atoms with Crippen LogP contribution in [0.15, 0.2) is 41.8 Å². The molecule has 2 aromatic rings. The Labute approximate surface area is 159 Å². The third-order valence-electron chi connectivity index (χ3n) is 4.23. The fourth-order valence-corrected chi connectivity index (χ4v) is 3.62. The molecular formula is C19H19FN2O4S. The zero-order chi connectivity index (χ0) is 19.2. The van der Waals surface area contributed by atoms with Gasteiger partial charge in [-0.25, -0.2) is 4.39 Å². The van der Waals surface area contributed by atoms with Crippen molar-refractivity contribution in [2.45, 2.75) is 12.8 Å². The lowest BCUT2D eigenvalue weighted by Gasteiger charge is -2.31. The number of amides is 2. The van der Waals surface area contributed by atoms with E-state index >= 15 is 0 Å². The Kier molecular flexibility index (Phi) is 6.18. The van der Waals surface area contributed by atoms with Crippen molar-refractivity contribution in [3.05, 3.63) is 52.5 Å². The first kappa shape index (κ1) is 19.0. The number of hydrogen-bond donors (Lipinski definition) is 1. The lowest BCUT2D eigenvalue weighted by Crippen LogP contribution is -2.43. The van der Waals surface area contributed by atoms with Crippen molar-refractivity contribution >= 4 is 34.8 Å². The van der Waals surface area contributed by atoms with Gasteiger partial charge < -0.3 is 15.0 Å². The van der Waals surface area contributed by atoms with Crippen LogP contribution >= 0.6 is 11.3 Å². The van der Waals surface area contributed by atoms with E-state index in [0.717, 1.165) is 0 Å². The van der Waals surface area contributed by atoms with Crippen molar-refractivity contribution in [1.29, 1.82) is 0 Å². The molecule has 1 saturated heterocycles. The lowest BCUT2D eigenvalue weighted by molar-refractivity contribution is -0.152. The van der Waals surface area contributed by atoms with Gasteiger partial charge in [0, 0.05) is 18.8 Å². The van der Waals surface area contributed by atoms with E-state index in [9.17, 15) is 18.8 Å². The van der Waals surface area contributed by atoms with Crippen LogP contribution in [0.2, 0.25) is 0 Å². The van der Waals surface area contributed by atoms with E-state index in [2.05, 4.69) is 5.32 Å². The van der Waals surface area contributed by atoms with Gasteiger partial charge in [0.15, 0.2) is 6.61 Å². The van der Waals surface area contributed by atoms with Crippen LogP contribution in [0.1, 0.15) is 22.5 Å². The van der Waals surface area contributed by atoms with Crippen LogP contribution in [-0.4, -0.2) is 42.4 Å². The van der Waals surface area contributed by atoms with Gasteiger partial charge in [0.1, 0.15) is 5.82 Å². The van der Waals surface area contributed by atoms with Crippen molar-refractivity contribution in [3.8, 4) is 0 Å². The largest absolute Gasteiger partial charge is 0.455 e. The summed E-state index contributed by atoms with van der Waals surface area (Å²) in [6, 6.07) is 9.02. The second kappa shape index (κ2) is 8.77. The van der Waals surface area contributed by atoms with Gasteiger partial charge in [-0.15, -0.1) is 11.3 Å². The van der Waals surface area contributed by atoms with Gasteiger partial charge in [0.05, 0.1) is 10.8 Å². The van der Waals surface area contributed by atoms with Gasteiger partial charge in [0.2, 0.25) is 0 Å². The molecule has 0 saturated carbocycles. The van der Waals surface area contributed by atoms with Gasteiger partial charge in [-0.2, -0.15) is 0 Å². The Morgan fingerprint density at radius 2 is 2.11 bits per heavy atom. The Hall–Kier alpha value is -2.74. The number of piperidine rings is 1. The summed E-state index contributed by atoms with van der Waals surface area (Å²) in [7, 11) is 0. The summed E-state index contributed by atoms with van der Waals surface area (Å²) in [5.74, 6) is -2.07. The zero-order valence-electron chi connectivity index (χ0n) is 14.5. The second-order valence-electron chi connectivity index (χ2n) is 6.23. The van der Waals surface area contributed by atoms with Crippen LogP contribution in [0.5, 0.6) is 0 Å². The molecule has 1 aromatic carbocycles. The summed E-state index contributed by atoms with van der Waals surface area (Å²) in [4.78, 5) is 38.8. The van der Waals surface area contributed by atoms with Gasteiger partial charge in [0.25, 0.3) is 11.8 Å². The quantitative estimate of drug-likeness (QED) is 0.797. The zero-order valence-corrected chi connectivity index (χ0v) is 15.3. The van der Waals surface area contributed by atoms with Crippen molar-refractivity contribution in [3.63, 3.8) is 0 Å². The van der Waals surface area contributed by atoms with Crippen LogP contribution in [0.3, 0.4) is 0 Å². The SMILES string of the molecule is O=C(COC(=O)C1CCCN(C(=O)c2cccs2)C1)Nc1cccc(F)c1. The van der Waals surface area contributed by atoms with Crippen LogP contribution in [0.4, 0.5) is 10.1 Å². The Morgan fingerprint density at radius 3 is 2.85 bits per heavy atom. The summed E-state index contributed by atoms with van der Waals surface area (Å²) in [5, 5.41) is 4.30. The van der Waals surface area contributed by atoms with E-state index in [1.165, 1.54) is 35.6 Å². The number of carbonyl (C=O) groups is 3. The van der Waals surface area contributed by atoms with Crippen molar-refractivity contribution in [1.82, 2.24) is 4.90 Å². The van der Waals surface area contributed by atoms with Crippen LogP contribution in [0, 0.1) is 11.7 Å². The molecule has 1 unspecified atom stereocenters. The number of likely N-dealkylation sites (tertiary alicyclic amines) is 1. The molecule has 142 valence electrons. The molecular weight excluding hydrogens is 371 g/mol. The third-order valence-corrected chi connectivity index (χ3v) is 5.09. The first-order chi connectivity index (χ1) is 13.0. The monoisotopic (exact) mass is 390 g/mol. The highest BCUT2D eigenvalue weighted by atomic mass is 32.1. The average molecular weight is 390 g/mol. The molecule has 1 aromatic heterocycles. The maximum absolute atomic E-state index is 13.1. The molecule has 1 atom stereocenters. The molecule has 2 amide bonds. The first-order valence-electron chi connectivity index (χ1n) is 8.58. The normalized spacial score (nSPS) is 16.6. The second-order valence-corrected chi connectivity index (χ2v) is 7.18. The molecule has 0 spiro atoms. The number of thiophene rings is 1. The van der Waals surface area contributed by atoms with Gasteiger partial charge in [-0.05, 0) is 42.5 Å². The van der Waals surface area contributed by atoms with Gasteiger partial charge >= 0.3 is 5.97 Å². The number of benzene rings is 1. The standard InChI is InChI=1S/C19H19FN2O4S/c20-14-5-1-6-15(10-14)21-17(23)12-26-19(25)13-4-2-8-22(11-13)18(24)16-7-3-9-27-16/h1,3,5-7,9-10,13H,2,4,8,11-12H2,(H,21,23). The summed E-state index contributed by atoms with van der Waals surface area (Å²) in [5.41, 5.74) is 0.293. The number of rotatable bonds is 5. The highest BCUT2D eigenvalue weighted by Gasteiger charge is 2.30. The maximum Gasteiger partial charge on any atom is 0.311 e. The van der Waals surface area contributed by atoms with E-state index in [4.69, 9.17) is 4.74 Å². The number of anilines is 1. The molecule has 8 heteroatoms. The average Bonchev–Trinajstić information content (AvgIpc) is 3.20. The summed E-state index contributed by atoms with van der Waals surface area (Å²) in [6.07, 6.45) is 1.31. The number of ether oxygens (including phenoxy) is 1. The minimum absolute atomic E-state index is 0.0913. The Morgan fingerprint density at radius 1 is 1.26 bits per heavy atom. The Bertz CT molecular complexity index is 825. The van der Waals surface area contributed by atoms with Crippen molar-refractivity contribution in [2.75, 3.05) is 25.0 Å². The first-order valence-corrected chi connectivity index (χ1v) is 9.46. The predicted octanol–water partition coefficient (Wildman–Crippen LogP) is 2.92. The molecule has 1 aliphatic rings. The minimum Gasteiger partial charge on any atom is -0.455 e. The van der Waals surface area contributed by atoms with E-state index in [0.29, 0.717) is 30.0 Å². The predicted molar refractivity (Wildman–Crippen MR) is 98.9 cm³/mol. The molecule has 1 fully saturated rings. The number of esters is 1. The maximum atomic E-state index is 13.1. The van der Waals surface area contributed by atoms with Crippen LogP contribution < -0.4 is 5.32 Å². The third kappa shape index (κ3) is 5.13. The fraction of sp³-hybridized carbons (Fsp3) is 0.316. The number of nitrogens with zero attached hydrogens (tertiary/aromatic N) is 1. The fourth-order valence-electron chi connectivity index (χ4n) is 2.93. The summed E-state index contributed by atoms with van der Waals surface area (Å²) < 4.78 is 18.2. The van der Waals surface area contributed by atoms with Gasteiger partial charge in [-0.3, -0.25) is 14.4 Å². The molecule has 2 heterocycles. The topological polar surface area (TPSA) is 75.7 Å². The lowest BCUT2D eigenvalue weighted by atomic mass is 9.98. The van der Waals surface area contributed by atoms with E-state index in [1.54, 1.807) is 11.0 Å².